The van der Waals surface area contributed by atoms with Crippen LogP contribution >= 0.6 is 0 Å². The van der Waals surface area contributed by atoms with Crippen molar-refractivity contribution in [3.63, 3.8) is 0 Å². The third-order valence-corrected chi connectivity index (χ3v) is 6.95. The molecule has 1 unspecified atom stereocenters. The second-order valence-corrected chi connectivity index (χ2v) is 10.9. The van der Waals surface area contributed by atoms with E-state index in [4.69, 9.17) is 0 Å². The summed E-state index contributed by atoms with van der Waals surface area (Å²) in [6, 6.07) is 5.35. The summed E-state index contributed by atoms with van der Waals surface area (Å²) in [5, 5.41) is 3.95. The molecule has 4 rings (SSSR count). The van der Waals surface area contributed by atoms with Crippen LogP contribution in [0.1, 0.15) is 35.6 Å². The second-order valence-electron chi connectivity index (χ2n) is 9.17. The molecule has 0 spiro atoms. The third-order valence-electron chi connectivity index (χ3n) is 6.37. The zero-order valence-corrected chi connectivity index (χ0v) is 20.4. The number of piperazine rings is 1. The Kier molecular flexibility index (Phi) is 7.11. The highest BCUT2D eigenvalue weighted by molar-refractivity contribution is 7.92. The predicted molar refractivity (Wildman–Crippen MR) is 124 cm³/mol. The summed E-state index contributed by atoms with van der Waals surface area (Å²) in [5.74, 6) is 0.0488. The molecule has 2 aliphatic rings. The van der Waals surface area contributed by atoms with Crippen molar-refractivity contribution in [3.05, 3.63) is 47.2 Å². The zero-order valence-electron chi connectivity index (χ0n) is 19.6. The Morgan fingerprint density at radius 1 is 1.14 bits per heavy atom. The van der Waals surface area contributed by atoms with Gasteiger partial charge in [0.25, 0.3) is 0 Å². The Balaban J connectivity index is 1.41. The maximum absolute atomic E-state index is 13.6. The van der Waals surface area contributed by atoms with Gasteiger partial charge in [0, 0.05) is 51.0 Å². The van der Waals surface area contributed by atoms with Crippen molar-refractivity contribution in [2.45, 2.75) is 31.6 Å². The van der Waals surface area contributed by atoms with Gasteiger partial charge in [-0.15, -0.1) is 5.10 Å². The summed E-state index contributed by atoms with van der Waals surface area (Å²) in [6.45, 7) is 2.98. The number of sulfonamides is 1. The maximum atomic E-state index is 13.6. The quantitative estimate of drug-likeness (QED) is 0.660. The highest BCUT2D eigenvalue weighted by Crippen LogP contribution is 2.36. The van der Waals surface area contributed by atoms with E-state index >= 15 is 0 Å². The molecule has 2 aromatic rings. The molecule has 1 amide bonds. The minimum absolute atomic E-state index is 0.0123. The fourth-order valence-corrected chi connectivity index (χ4v) is 5.16. The van der Waals surface area contributed by atoms with Crippen molar-refractivity contribution in [3.8, 4) is 0 Å². The minimum atomic E-state index is -4.42. The van der Waals surface area contributed by atoms with Gasteiger partial charge in [-0.1, -0.05) is 6.07 Å². The molecule has 192 valence electrons. The van der Waals surface area contributed by atoms with Crippen molar-refractivity contribution in [2.75, 3.05) is 50.7 Å². The SMILES string of the molecule is CN1CCCC1c1cc(CN2CCN(C(=O)n3ccc(NS(C)(=O)=O)n3)CC2)cc(C(F)(F)F)c1. The van der Waals surface area contributed by atoms with Gasteiger partial charge in [0.1, 0.15) is 0 Å². The van der Waals surface area contributed by atoms with Gasteiger partial charge in [-0.2, -0.15) is 17.9 Å². The number of hydrogen-bond donors (Lipinski definition) is 1. The number of nitrogens with zero attached hydrogens (tertiary/aromatic N) is 5. The summed E-state index contributed by atoms with van der Waals surface area (Å²) in [7, 11) is -1.57. The summed E-state index contributed by atoms with van der Waals surface area (Å²) >= 11 is 0. The van der Waals surface area contributed by atoms with Gasteiger partial charge < -0.3 is 4.90 Å². The van der Waals surface area contributed by atoms with E-state index in [1.165, 1.54) is 24.4 Å². The highest BCUT2D eigenvalue weighted by Gasteiger charge is 2.33. The zero-order chi connectivity index (χ0) is 25.4. The molecule has 13 heteroatoms. The normalized spacial score (nSPS) is 20.4. The summed E-state index contributed by atoms with van der Waals surface area (Å²) in [6.07, 6.45) is -0.238. The summed E-state index contributed by atoms with van der Waals surface area (Å²) < 4.78 is 66.7. The minimum Gasteiger partial charge on any atom is -0.320 e. The lowest BCUT2D eigenvalue weighted by Gasteiger charge is -2.34. The number of halogens is 3. The summed E-state index contributed by atoms with van der Waals surface area (Å²) in [4.78, 5) is 18.4. The van der Waals surface area contributed by atoms with Gasteiger partial charge >= 0.3 is 12.2 Å². The molecule has 2 aliphatic heterocycles. The number of benzene rings is 1. The number of anilines is 1. The van der Waals surface area contributed by atoms with E-state index in [1.54, 1.807) is 4.90 Å². The van der Waals surface area contributed by atoms with Crippen LogP contribution in [-0.2, 0) is 22.7 Å². The van der Waals surface area contributed by atoms with Crippen LogP contribution in [0, 0.1) is 0 Å². The topological polar surface area (TPSA) is 90.8 Å². The molecule has 1 aromatic heterocycles. The number of carbonyl (C=O) groups is 1. The average Bonchev–Trinajstić information content (AvgIpc) is 3.40. The summed E-state index contributed by atoms with van der Waals surface area (Å²) in [5.41, 5.74) is 0.676. The number of alkyl halides is 3. The van der Waals surface area contributed by atoms with Crippen LogP contribution in [0.3, 0.4) is 0 Å². The Morgan fingerprint density at radius 2 is 1.86 bits per heavy atom. The van der Waals surface area contributed by atoms with E-state index in [9.17, 15) is 26.4 Å². The van der Waals surface area contributed by atoms with Crippen LogP contribution in [0.25, 0.3) is 0 Å². The number of rotatable bonds is 5. The lowest BCUT2D eigenvalue weighted by atomic mass is 9.98. The van der Waals surface area contributed by atoms with Gasteiger partial charge in [0.15, 0.2) is 5.82 Å². The van der Waals surface area contributed by atoms with Crippen LogP contribution in [-0.4, -0.2) is 85.0 Å². The van der Waals surface area contributed by atoms with E-state index < -0.39 is 27.8 Å². The van der Waals surface area contributed by atoms with Crippen LogP contribution in [0.2, 0.25) is 0 Å². The molecule has 0 saturated carbocycles. The lowest BCUT2D eigenvalue weighted by Crippen LogP contribution is -2.49. The van der Waals surface area contributed by atoms with Gasteiger partial charge in [-0.25, -0.2) is 13.2 Å². The fraction of sp³-hybridized carbons (Fsp3) is 0.545. The number of likely N-dealkylation sites (tertiary alicyclic amines) is 1. The number of carbonyl (C=O) groups excluding carboxylic acids is 1. The van der Waals surface area contributed by atoms with E-state index in [2.05, 4.69) is 14.7 Å². The predicted octanol–water partition coefficient (Wildman–Crippen LogP) is 2.83. The van der Waals surface area contributed by atoms with Crippen molar-refractivity contribution in [2.24, 2.45) is 0 Å². The largest absolute Gasteiger partial charge is 0.416 e. The van der Waals surface area contributed by atoms with Gasteiger partial charge in [0.05, 0.1) is 11.8 Å². The molecule has 1 aromatic carbocycles. The van der Waals surface area contributed by atoms with Gasteiger partial charge in [0.2, 0.25) is 10.0 Å². The highest BCUT2D eigenvalue weighted by atomic mass is 32.2. The Hall–Kier alpha value is -2.64. The van der Waals surface area contributed by atoms with Crippen LogP contribution < -0.4 is 4.72 Å². The first-order valence-corrected chi connectivity index (χ1v) is 13.2. The Bertz CT molecular complexity index is 1180. The standard InChI is InChI=1S/C22H29F3N6O3S/c1-28-6-3-4-19(28)17-12-16(13-18(14-17)22(23,24)25)15-29-8-10-30(11-9-29)21(32)31-7-5-20(26-31)27-35(2,33)34/h5,7,12-14,19H,3-4,6,8-11,15H2,1-2H3,(H,26,27). The van der Waals surface area contributed by atoms with Crippen molar-refractivity contribution >= 4 is 21.9 Å². The van der Waals surface area contributed by atoms with Crippen LogP contribution in [0.4, 0.5) is 23.8 Å². The first kappa shape index (κ1) is 25.5. The number of amides is 1. The van der Waals surface area contributed by atoms with Crippen molar-refractivity contribution in [1.82, 2.24) is 24.5 Å². The first-order chi connectivity index (χ1) is 16.4. The molecule has 2 fully saturated rings. The second kappa shape index (κ2) is 9.78. The molecular formula is C22H29F3N6O3S. The number of hydrogen-bond acceptors (Lipinski definition) is 6. The number of aromatic nitrogens is 2. The monoisotopic (exact) mass is 514 g/mol. The molecule has 9 nitrogen and oxygen atoms in total. The molecular weight excluding hydrogens is 485 g/mol. The molecule has 1 atom stereocenters. The Morgan fingerprint density at radius 3 is 2.46 bits per heavy atom. The van der Waals surface area contributed by atoms with E-state index in [1.807, 2.05) is 18.0 Å². The van der Waals surface area contributed by atoms with Gasteiger partial charge in [-0.05, 0) is 49.7 Å². The molecule has 0 radical (unpaired) electrons. The Labute approximate surface area is 202 Å². The lowest BCUT2D eigenvalue weighted by molar-refractivity contribution is -0.137. The average molecular weight is 515 g/mol. The van der Waals surface area contributed by atoms with Crippen LogP contribution in [0.5, 0.6) is 0 Å². The van der Waals surface area contributed by atoms with E-state index in [0.717, 1.165) is 30.3 Å². The fourth-order valence-electron chi connectivity index (χ4n) is 4.67. The van der Waals surface area contributed by atoms with Crippen molar-refractivity contribution < 1.29 is 26.4 Å². The van der Waals surface area contributed by atoms with Crippen LogP contribution in [0.15, 0.2) is 30.5 Å². The maximum Gasteiger partial charge on any atom is 0.416 e. The molecule has 3 heterocycles. The first-order valence-electron chi connectivity index (χ1n) is 11.4. The molecule has 35 heavy (non-hydrogen) atoms. The van der Waals surface area contributed by atoms with Gasteiger partial charge in [-0.3, -0.25) is 14.5 Å². The van der Waals surface area contributed by atoms with E-state index in [0.29, 0.717) is 43.9 Å². The third kappa shape index (κ3) is 6.33. The molecule has 2 saturated heterocycles. The molecule has 0 aliphatic carbocycles. The smallest absolute Gasteiger partial charge is 0.320 e. The molecule has 1 N–H and O–H groups in total. The number of nitrogens with one attached hydrogen (secondary N) is 1. The van der Waals surface area contributed by atoms with E-state index in [-0.39, 0.29) is 11.9 Å². The molecule has 0 bridgehead atoms. The van der Waals surface area contributed by atoms with Crippen molar-refractivity contribution in [1.29, 1.82) is 0 Å².